The third kappa shape index (κ3) is 6.55. The molecule has 33 heavy (non-hydrogen) atoms. The smallest absolute Gasteiger partial charge is 0.456 e. The maximum absolute atomic E-state index is 12.2. The predicted octanol–water partition coefficient (Wildman–Crippen LogP) is 0.482. The first-order valence-electron chi connectivity index (χ1n) is 9.44. The van der Waals surface area contributed by atoms with Crippen molar-refractivity contribution in [2.45, 2.75) is 42.7 Å². The number of carbonyl (C=O) groups excluding carboxylic acids is 1. The number of aliphatic hydroxyl groups is 1. The Morgan fingerprint density at radius 3 is 3.00 bits per heavy atom. The van der Waals surface area contributed by atoms with Crippen molar-refractivity contribution in [3.63, 3.8) is 0 Å². The highest BCUT2D eigenvalue weighted by molar-refractivity contribution is 8.00. The number of carbonyl (C=O) groups is 1. The van der Waals surface area contributed by atoms with E-state index in [1.54, 1.807) is 0 Å². The normalized spacial score (nSPS) is 21.5. The molecule has 0 radical (unpaired) electrons. The van der Waals surface area contributed by atoms with E-state index < -0.39 is 53.4 Å². The Balaban J connectivity index is 1.42. The van der Waals surface area contributed by atoms with Crippen molar-refractivity contribution < 1.29 is 33.1 Å². The summed E-state index contributed by atoms with van der Waals surface area (Å²) in [6.45, 7) is 0.941. The number of esters is 1. The minimum absolute atomic E-state index is 0.0790. The van der Waals surface area contributed by atoms with Crippen molar-refractivity contribution >= 4 is 37.7 Å². The number of anilines is 1. The fraction of sp³-hybridized carbons (Fsp3) is 0.500. The molecule has 0 saturated carbocycles. The molecule has 1 aliphatic heterocycles. The molecule has 0 aliphatic carbocycles. The average Bonchev–Trinajstić information content (AvgIpc) is 3.37. The Bertz CT molecular complexity index is 1090. The maximum atomic E-state index is 12.2. The molecule has 17 heteroatoms. The molecule has 2 unspecified atom stereocenters. The van der Waals surface area contributed by atoms with Crippen LogP contribution in [0.2, 0.25) is 0 Å². The van der Waals surface area contributed by atoms with Gasteiger partial charge in [0.1, 0.15) is 36.3 Å². The van der Waals surface area contributed by atoms with Crippen LogP contribution in [0.5, 0.6) is 0 Å². The van der Waals surface area contributed by atoms with Gasteiger partial charge < -0.3 is 20.0 Å². The summed E-state index contributed by atoms with van der Waals surface area (Å²) in [6.07, 6.45) is 0.630. The van der Waals surface area contributed by atoms with Gasteiger partial charge in [0, 0.05) is 6.42 Å². The zero-order valence-corrected chi connectivity index (χ0v) is 18.8. The highest BCUT2D eigenvalue weighted by atomic mass is 32.2. The maximum Gasteiger partial charge on any atom is 0.613 e. The number of aromatic nitrogens is 3. The van der Waals surface area contributed by atoms with Gasteiger partial charge in [0.05, 0.1) is 22.8 Å². The number of furan rings is 1. The van der Waals surface area contributed by atoms with Crippen LogP contribution >= 0.6 is 19.9 Å². The number of nitrogens with two attached hydrogens (primary N) is 1. The molecule has 1 aliphatic rings. The van der Waals surface area contributed by atoms with Gasteiger partial charge >= 0.3 is 25.7 Å². The predicted molar refractivity (Wildman–Crippen MR) is 113 cm³/mol. The summed E-state index contributed by atoms with van der Waals surface area (Å²) in [5, 5.41) is 22.3. The van der Waals surface area contributed by atoms with E-state index in [-0.39, 0.29) is 31.3 Å². The van der Waals surface area contributed by atoms with Crippen LogP contribution < -0.4 is 16.5 Å². The lowest BCUT2D eigenvalue weighted by Gasteiger charge is -2.11. The summed E-state index contributed by atoms with van der Waals surface area (Å²) >= 11 is 1.23. The van der Waals surface area contributed by atoms with Crippen molar-refractivity contribution in [3.05, 3.63) is 44.8 Å². The molecule has 0 spiro atoms. The number of nitrogens with zero attached hydrogens (tertiary/aromatic N) is 4. The van der Waals surface area contributed by atoms with E-state index >= 15 is 0 Å². The lowest BCUT2D eigenvalue weighted by atomic mass is 10.2. The zero-order valence-electron chi connectivity index (χ0n) is 17.1. The fourth-order valence-corrected chi connectivity index (χ4v) is 5.11. The van der Waals surface area contributed by atoms with Crippen molar-refractivity contribution in [3.8, 4) is 0 Å². The first-order valence-corrected chi connectivity index (χ1v) is 11.6. The second-order valence-corrected chi connectivity index (χ2v) is 9.30. The quantitative estimate of drug-likeness (QED) is 0.174. The minimum Gasteiger partial charge on any atom is -0.456 e. The van der Waals surface area contributed by atoms with Gasteiger partial charge in [-0.25, -0.2) is 9.78 Å². The second-order valence-electron chi connectivity index (χ2n) is 6.85. The Morgan fingerprint density at radius 2 is 2.33 bits per heavy atom. The monoisotopic (exact) mass is 503 g/mol. The summed E-state index contributed by atoms with van der Waals surface area (Å²) in [5.41, 5.74) is 4.77. The molecule has 2 aromatic rings. The Labute approximate surface area is 190 Å². The highest BCUT2D eigenvalue weighted by Crippen LogP contribution is 2.41. The van der Waals surface area contributed by atoms with Gasteiger partial charge in [0.15, 0.2) is 0 Å². The first-order chi connectivity index (χ1) is 15.6. The number of nitrogens with one attached hydrogen (secondary N) is 1. The number of aliphatic hydroxyl groups excluding tert-OH is 1. The number of nitro groups is 1. The summed E-state index contributed by atoms with van der Waals surface area (Å²) in [7, 11) is -2.48. The van der Waals surface area contributed by atoms with Crippen molar-refractivity contribution in [2.75, 3.05) is 12.3 Å². The van der Waals surface area contributed by atoms with Gasteiger partial charge in [-0.3, -0.25) is 19.5 Å². The Kier molecular flexibility index (Phi) is 8.10. The highest BCUT2D eigenvalue weighted by Gasteiger charge is 2.38. The van der Waals surface area contributed by atoms with E-state index in [0.29, 0.717) is 0 Å². The van der Waals surface area contributed by atoms with Crippen LogP contribution in [0.3, 0.4) is 0 Å². The number of rotatable bonds is 10. The Morgan fingerprint density at radius 1 is 1.58 bits per heavy atom. The molecule has 1 fully saturated rings. The van der Waals surface area contributed by atoms with Crippen LogP contribution in [0, 0.1) is 10.1 Å². The Hall–Kier alpha value is -2.91. The molecule has 5 atom stereocenters. The van der Waals surface area contributed by atoms with Crippen molar-refractivity contribution in [2.24, 2.45) is 0 Å². The van der Waals surface area contributed by atoms with Crippen molar-refractivity contribution in [1.29, 1.82) is 0 Å². The summed E-state index contributed by atoms with van der Waals surface area (Å²) < 4.78 is 28.5. The molecule has 0 bridgehead atoms. The molecule has 1 saturated heterocycles. The first kappa shape index (κ1) is 24.7. The average molecular weight is 503 g/mol. The van der Waals surface area contributed by atoms with Crippen molar-refractivity contribution in [1.82, 2.24) is 19.6 Å². The second kappa shape index (κ2) is 10.8. The van der Waals surface area contributed by atoms with Crippen LogP contribution in [0.25, 0.3) is 0 Å². The fourth-order valence-electron chi connectivity index (χ4n) is 2.79. The lowest BCUT2D eigenvalue weighted by molar-refractivity contribution is -0.402. The summed E-state index contributed by atoms with van der Waals surface area (Å²) in [6, 6.07) is 1.42. The van der Waals surface area contributed by atoms with Gasteiger partial charge in [-0.2, -0.15) is 4.98 Å². The lowest BCUT2D eigenvalue weighted by Crippen LogP contribution is -2.31. The van der Waals surface area contributed by atoms with Gasteiger partial charge in [0.25, 0.3) is 0 Å². The molecular formula is C16H20N6O9PS+. The van der Waals surface area contributed by atoms with Crippen LogP contribution in [-0.2, 0) is 25.2 Å². The number of hydrogen-bond acceptors (Lipinski definition) is 13. The standard InChI is InChI=1S/C16H19N6O9PS/c1-8(14(24)29-5-9-2-3-12(31-9)22(26)27)20-32(28)30-6-11-10(23)4-13(33-11)21-7-18-15(17)19-16(21)25/h2-3,7-8,10-11,13,23H,4-6H2,1H3,(H2-,17,19,20,25,28)/p+1/t8-,10+,11?,13+/m0/s1. The zero-order chi connectivity index (χ0) is 24.1. The molecular weight excluding hydrogens is 483 g/mol. The number of ether oxygens (including phenoxy) is 1. The van der Waals surface area contributed by atoms with Crippen LogP contribution in [0.4, 0.5) is 11.8 Å². The molecule has 0 amide bonds. The number of hydrogen-bond donors (Lipinski definition) is 3. The largest absolute Gasteiger partial charge is 0.613 e. The van der Waals surface area contributed by atoms with Crippen LogP contribution in [0.1, 0.15) is 24.5 Å². The number of nitrogen functional groups attached to an aromatic ring is 1. The van der Waals surface area contributed by atoms with E-state index in [1.807, 2.05) is 0 Å². The topological polar surface area (TPSA) is 215 Å². The minimum atomic E-state index is -2.48. The van der Waals surface area contributed by atoms with Crippen LogP contribution in [0.15, 0.2) is 27.7 Å². The molecule has 4 N–H and O–H groups in total. The summed E-state index contributed by atoms with van der Waals surface area (Å²) in [4.78, 5) is 41.1. The molecule has 3 heterocycles. The molecule has 2 aromatic heterocycles. The molecule has 0 aromatic carbocycles. The van der Waals surface area contributed by atoms with Gasteiger partial charge in [-0.15, -0.1) is 16.3 Å². The van der Waals surface area contributed by atoms with Gasteiger partial charge in [-0.05, 0) is 17.6 Å². The SMILES string of the molecule is C[C@H](N[P+](=O)OCC1S[C@@H](n2cnc(N)nc2=O)C[C@H]1O)C(=O)OCc1ccc([N+](=O)[O-])o1. The molecule has 15 nitrogen and oxygen atoms in total. The number of thioether (sulfide) groups is 1. The van der Waals surface area contributed by atoms with E-state index in [1.165, 1.54) is 35.6 Å². The van der Waals surface area contributed by atoms with Crippen LogP contribution in [-0.4, -0.2) is 54.5 Å². The van der Waals surface area contributed by atoms with E-state index in [2.05, 4.69) is 15.1 Å². The molecule has 3 rings (SSSR count). The van der Waals surface area contributed by atoms with E-state index in [9.17, 15) is 29.4 Å². The van der Waals surface area contributed by atoms with E-state index in [0.717, 1.165) is 6.07 Å². The van der Waals surface area contributed by atoms with Gasteiger partial charge in [0.2, 0.25) is 5.95 Å². The van der Waals surface area contributed by atoms with Gasteiger partial charge in [-0.1, -0.05) is 5.09 Å². The summed E-state index contributed by atoms with van der Waals surface area (Å²) in [5.74, 6) is -1.33. The third-order valence-corrected chi connectivity index (χ3v) is 6.97. The van der Waals surface area contributed by atoms with E-state index in [4.69, 9.17) is 19.4 Å². The molecule has 178 valence electrons. The third-order valence-electron chi connectivity index (χ3n) is 4.45.